The average Bonchev–Trinajstić information content (AvgIpc) is 2.31. The molecule has 0 spiro atoms. The van der Waals surface area contributed by atoms with E-state index in [1.54, 1.807) is 11.8 Å². The lowest BCUT2D eigenvalue weighted by molar-refractivity contribution is -0.128. The van der Waals surface area contributed by atoms with E-state index in [2.05, 4.69) is 38.2 Å². The molecule has 1 aromatic carbocycles. The summed E-state index contributed by atoms with van der Waals surface area (Å²) in [5, 5.41) is 3.52. The molecular weight excluding hydrogens is 224 g/mol. The van der Waals surface area contributed by atoms with E-state index in [9.17, 15) is 4.79 Å². The van der Waals surface area contributed by atoms with Gasteiger partial charge in [-0.2, -0.15) is 0 Å². The van der Waals surface area contributed by atoms with E-state index in [4.69, 9.17) is 0 Å². The van der Waals surface area contributed by atoms with Crippen LogP contribution in [0.15, 0.2) is 24.3 Å². The van der Waals surface area contributed by atoms with Crippen LogP contribution in [0.1, 0.15) is 33.3 Å². The molecule has 0 saturated carbocycles. The van der Waals surface area contributed by atoms with Crippen molar-refractivity contribution in [2.75, 3.05) is 12.4 Å². The lowest BCUT2D eigenvalue weighted by Crippen LogP contribution is -2.26. The molecule has 0 bridgehead atoms. The van der Waals surface area contributed by atoms with E-state index in [1.165, 1.54) is 0 Å². The Bertz CT molecular complexity index is 401. The third-order valence-corrected chi connectivity index (χ3v) is 3.35. The van der Waals surface area contributed by atoms with Crippen molar-refractivity contribution in [1.29, 1.82) is 0 Å². The van der Waals surface area contributed by atoms with Gasteiger partial charge in [0.1, 0.15) is 0 Å². The molecule has 0 radical (unpaired) electrons. The van der Waals surface area contributed by atoms with E-state index in [-0.39, 0.29) is 5.91 Å². The first-order chi connectivity index (χ1) is 8.41. The van der Waals surface area contributed by atoms with Crippen LogP contribution in [0, 0.1) is 5.92 Å². The summed E-state index contributed by atoms with van der Waals surface area (Å²) in [7, 11) is 1.82. The first-order valence-electron chi connectivity index (χ1n) is 6.48. The first kappa shape index (κ1) is 14.6. The zero-order valence-corrected chi connectivity index (χ0v) is 12.0. The van der Waals surface area contributed by atoms with Gasteiger partial charge in [-0.05, 0) is 24.5 Å². The average molecular weight is 248 g/mol. The molecule has 100 valence electrons. The van der Waals surface area contributed by atoms with Gasteiger partial charge in [-0.3, -0.25) is 4.79 Å². The molecule has 1 rings (SSSR count). The second-order valence-electron chi connectivity index (χ2n) is 5.21. The number of para-hydroxylation sites is 1. The van der Waals surface area contributed by atoms with E-state index in [1.807, 2.05) is 19.2 Å². The topological polar surface area (TPSA) is 32.3 Å². The summed E-state index contributed by atoms with van der Waals surface area (Å²) < 4.78 is 0. The third-order valence-electron chi connectivity index (χ3n) is 3.35. The Labute approximate surface area is 110 Å². The molecule has 1 unspecified atom stereocenters. The monoisotopic (exact) mass is 248 g/mol. The van der Waals surface area contributed by atoms with Crippen LogP contribution in [0.25, 0.3) is 0 Å². The van der Waals surface area contributed by atoms with Crippen molar-refractivity contribution in [2.24, 2.45) is 5.92 Å². The number of anilines is 1. The van der Waals surface area contributed by atoms with Gasteiger partial charge in [0.25, 0.3) is 0 Å². The predicted octanol–water partition coefficient (Wildman–Crippen LogP) is 3.12. The fourth-order valence-corrected chi connectivity index (χ4v) is 1.58. The second-order valence-corrected chi connectivity index (χ2v) is 5.21. The Kier molecular flexibility index (Phi) is 5.20. The first-order valence-corrected chi connectivity index (χ1v) is 6.48. The molecule has 0 aliphatic rings. The maximum absolute atomic E-state index is 11.3. The van der Waals surface area contributed by atoms with Gasteiger partial charge in [0.15, 0.2) is 0 Å². The smallest absolute Gasteiger partial charge is 0.219 e. The highest BCUT2D eigenvalue weighted by molar-refractivity contribution is 5.73. The van der Waals surface area contributed by atoms with E-state index in [0.717, 1.165) is 11.3 Å². The van der Waals surface area contributed by atoms with Gasteiger partial charge in [-0.25, -0.2) is 0 Å². The normalized spacial score (nSPS) is 12.3. The Morgan fingerprint density at radius 3 is 2.44 bits per heavy atom. The summed E-state index contributed by atoms with van der Waals surface area (Å²) in [6, 6.07) is 8.58. The molecule has 0 heterocycles. The molecule has 1 atom stereocenters. The van der Waals surface area contributed by atoms with Crippen molar-refractivity contribution < 1.29 is 4.79 Å². The molecule has 1 N–H and O–H groups in total. The van der Waals surface area contributed by atoms with E-state index < -0.39 is 0 Å². The summed E-state index contributed by atoms with van der Waals surface area (Å²) in [6.07, 6.45) is 0. The fraction of sp³-hybridized carbons (Fsp3) is 0.533. The van der Waals surface area contributed by atoms with Gasteiger partial charge in [0.05, 0.1) is 0 Å². The van der Waals surface area contributed by atoms with Crippen LogP contribution in [-0.4, -0.2) is 23.9 Å². The Morgan fingerprint density at radius 2 is 1.89 bits per heavy atom. The molecule has 1 aromatic rings. The number of carbonyl (C=O) groups is 1. The minimum absolute atomic E-state index is 0.0849. The maximum Gasteiger partial charge on any atom is 0.219 e. The van der Waals surface area contributed by atoms with Crippen molar-refractivity contribution in [2.45, 2.75) is 40.3 Å². The molecule has 0 aromatic heterocycles. The summed E-state index contributed by atoms with van der Waals surface area (Å²) in [6.45, 7) is 8.80. The van der Waals surface area contributed by atoms with Crippen LogP contribution in [0.3, 0.4) is 0 Å². The largest absolute Gasteiger partial charge is 0.382 e. The summed E-state index contributed by atoms with van der Waals surface area (Å²) in [5.74, 6) is 0.658. The van der Waals surface area contributed by atoms with Crippen LogP contribution < -0.4 is 5.32 Å². The highest BCUT2D eigenvalue weighted by Gasteiger charge is 2.11. The van der Waals surface area contributed by atoms with Crippen LogP contribution in [-0.2, 0) is 11.3 Å². The summed E-state index contributed by atoms with van der Waals surface area (Å²) >= 11 is 0. The molecule has 3 heteroatoms. The number of rotatable bonds is 5. The molecule has 0 aliphatic carbocycles. The quantitative estimate of drug-likeness (QED) is 0.868. The summed E-state index contributed by atoms with van der Waals surface area (Å²) in [5.41, 5.74) is 2.27. The van der Waals surface area contributed by atoms with Gasteiger partial charge in [-0.15, -0.1) is 0 Å². The standard InChI is InChI=1S/C15H24N2O/c1-11(2)12(3)16-15-9-7-6-8-14(15)10-17(5)13(4)18/h6-9,11-12,16H,10H2,1-5H3. The molecule has 0 saturated heterocycles. The molecular formula is C15H24N2O. The van der Waals surface area contributed by atoms with Crippen LogP contribution in [0.2, 0.25) is 0 Å². The lowest BCUT2D eigenvalue weighted by atomic mass is 10.0. The highest BCUT2D eigenvalue weighted by atomic mass is 16.2. The number of amides is 1. The second kappa shape index (κ2) is 6.43. The number of nitrogens with zero attached hydrogens (tertiary/aromatic N) is 1. The third kappa shape index (κ3) is 4.06. The van der Waals surface area contributed by atoms with Crippen molar-refractivity contribution >= 4 is 11.6 Å². The van der Waals surface area contributed by atoms with E-state index >= 15 is 0 Å². The molecule has 18 heavy (non-hydrogen) atoms. The molecule has 0 fully saturated rings. The highest BCUT2D eigenvalue weighted by Crippen LogP contribution is 2.19. The number of benzene rings is 1. The number of carbonyl (C=O) groups excluding carboxylic acids is 1. The molecule has 1 amide bonds. The minimum Gasteiger partial charge on any atom is -0.382 e. The minimum atomic E-state index is 0.0849. The van der Waals surface area contributed by atoms with Gasteiger partial charge in [0.2, 0.25) is 5.91 Å². The van der Waals surface area contributed by atoms with Crippen molar-refractivity contribution in [3.05, 3.63) is 29.8 Å². The van der Waals surface area contributed by atoms with Crippen LogP contribution in [0.5, 0.6) is 0 Å². The molecule has 0 aliphatic heterocycles. The zero-order valence-electron chi connectivity index (χ0n) is 12.0. The number of hydrogen-bond donors (Lipinski definition) is 1. The van der Waals surface area contributed by atoms with Gasteiger partial charge in [0, 0.05) is 32.2 Å². The summed E-state index contributed by atoms with van der Waals surface area (Å²) in [4.78, 5) is 13.0. The maximum atomic E-state index is 11.3. The Morgan fingerprint density at radius 1 is 1.28 bits per heavy atom. The van der Waals surface area contributed by atoms with Crippen molar-refractivity contribution in [1.82, 2.24) is 4.90 Å². The zero-order chi connectivity index (χ0) is 13.7. The van der Waals surface area contributed by atoms with Crippen LogP contribution in [0.4, 0.5) is 5.69 Å². The molecule has 3 nitrogen and oxygen atoms in total. The van der Waals surface area contributed by atoms with E-state index in [0.29, 0.717) is 18.5 Å². The van der Waals surface area contributed by atoms with Gasteiger partial charge >= 0.3 is 0 Å². The SMILES string of the molecule is CC(=O)N(C)Cc1ccccc1NC(C)C(C)C. The van der Waals surface area contributed by atoms with Crippen LogP contribution >= 0.6 is 0 Å². The predicted molar refractivity (Wildman–Crippen MR) is 76.5 cm³/mol. The van der Waals surface area contributed by atoms with Gasteiger partial charge in [-0.1, -0.05) is 32.0 Å². The van der Waals surface area contributed by atoms with Gasteiger partial charge < -0.3 is 10.2 Å². The Balaban J connectivity index is 2.82. The number of nitrogens with one attached hydrogen (secondary N) is 1. The fourth-order valence-electron chi connectivity index (χ4n) is 1.58. The number of hydrogen-bond acceptors (Lipinski definition) is 2. The Hall–Kier alpha value is -1.51. The van der Waals surface area contributed by atoms with Crippen molar-refractivity contribution in [3.8, 4) is 0 Å². The lowest BCUT2D eigenvalue weighted by Gasteiger charge is -2.23. The van der Waals surface area contributed by atoms with Crippen molar-refractivity contribution in [3.63, 3.8) is 0 Å².